The second kappa shape index (κ2) is 3.94. The predicted molar refractivity (Wildman–Crippen MR) is 50.3 cm³/mol. The molecule has 0 aliphatic carbocycles. The standard InChI is InChI=1S/C8H18NO3S/c1-3-8-13(10,11)12-9(2)6-4-5-7-9/h3-8H2,1-2H3/q+1. The Kier molecular flexibility index (Phi) is 3.32. The molecule has 78 valence electrons. The van der Waals surface area contributed by atoms with Crippen LogP contribution in [0.25, 0.3) is 0 Å². The van der Waals surface area contributed by atoms with Crippen LogP contribution in [0.15, 0.2) is 0 Å². The summed E-state index contributed by atoms with van der Waals surface area (Å²) in [7, 11) is -1.47. The third-order valence-electron chi connectivity index (χ3n) is 2.26. The van der Waals surface area contributed by atoms with Gasteiger partial charge in [-0.3, -0.25) is 0 Å². The zero-order chi connectivity index (χ0) is 9.95. The van der Waals surface area contributed by atoms with Crippen LogP contribution in [0.3, 0.4) is 0 Å². The second-order valence-electron chi connectivity index (χ2n) is 3.79. The van der Waals surface area contributed by atoms with Gasteiger partial charge in [-0.25, -0.2) is 0 Å². The van der Waals surface area contributed by atoms with E-state index >= 15 is 0 Å². The van der Waals surface area contributed by atoms with Crippen molar-refractivity contribution in [3.05, 3.63) is 0 Å². The van der Waals surface area contributed by atoms with Gasteiger partial charge in [0.2, 0.25) is 0 Å². The minimum Gasteiger partial charge on any atom is -0.194 e. The van der Waals surface area contributed by atoms with Crippen LogP contribution in [0.5, 0.6) is 0 Å². The summed E-state index contributed by atoms with van der Waals surface area (Å²) in [4.78, 5) is 0. The molecule has 1 aliphatic heterocycles. The van der Waals surface area contributed by atoms with E-state index in [9.17, 15) is 8.42 Å². The van der Waals surface area contributed by atoms with Crippen LogP contribution in [0.2, 0.25) is 0 Å². The van der Waals surface area contributed by atoms with E-state index in [1.54, 1.807) is 0 Å². The van der Waals surface area contributed by atoms with Gasteiger partial charge in [-0.15, -0.1) is 0 Å². The molecule has 1 aliphatic rings. The molecule has 0 unspecified atom stereocenters. The summed E-state index contributed by atoms with van der Waals surface area (Å²) in [6.45, 7) is 3.46. The summed E-state index contributed by atoms with van der Waals surface area (Å²) in [6, 6.07) is 0. The van der Waals surface area contributed by atoms with E-state index in [4.69, 9.17) is 4.28 Å². The van der Waals surface area contributed by atoms with Crippen LogP contribution < -0.4 is 0 Å². The molecule has 0 saturated carbocycles. The van der Waals surface area contributed by atoms with Crippen molar-refractivity contribution in [2.75, 3.05) is 25.9 Å². The molecule has 0 bridgehead atoms. The minimum absolute atomic E-state index is 0.126. The van der Waals surface area contributed by atoms with E-state index in [0.29, 0.717) is 6.42 Å². The molecule has 0 radical (unpaired) electrons. The summed E-state index contributed by atoms with van der Waals surface area (Å²) < 4.78 is 28.1. The molecule has 0 aromatic rings. The number of hydroxylamine groups is 3. The van der Waals surface area contributed by atoms with Gasteiger partial charge in [0, 0.05) is 12.8 Å². The summed E-state index contributed by atoms with van der Waals surface area (Å²) in [6.07, 6.45) is 2.72. The maximum atomic E-state index is 11.4. The SMILES string of the molecule is CCCS(=O)(=O)O[N+]1(C)CCCC1. The van der Waals surface area contributed by atoms with Gasteiger partial charge in [0.15, 0.2) is 0 Å². The van der Waals surface area contributed by atoms with Gasteiger partial charge in [0.25, 0.3) is 0 Å². The number of hydrogen-bond donors (Lipinski definition) is 0. The average Bonchev–Trinajstić information content (AvgIpc) is 2.33. The molecule has 0 N–H and O–H groups in total. The first kappa shape index (κ1) is 10.9. The summed E-state index contributed by atoms with van der Waals surface area (Å²) in [5.74, 6) is 0.126. The molecule has 1 rings (SSSR count). The van der Waals surface area contributed by atoms with Gasteiger partial charge in [0.05, 0.1) is 5.75 Å². The Morgan fingerprint density at radius 2 is 1.85 bits per heavy atom. The summed E-state index contributed by atoms with van der Waals surface area (Å²) >= 11 is 0. The molecule has 0 aromatic carbocycles. The molecule has 0 atom stereocenters. The lowest BCUT2D eigenvalue weighted by molar-refractivity contribution is -1.06. The molecular weight excluding hydrogens is 190 g/mol. The molecule has 5 heteroatoms. The Balaban J connectivity index is 2.56. The Morgan fingerprint density at radius 1 is 1.31 bits per heavy atom. The molecule has 0 spiro atoms. The lowest BCUT2D eigenvalue weighted by atomic mass is 10.4. The summed E-state index contributed by atoms with van der Waals surface area (Å²) in [5, 5.41) is 0. The third kappa shape index (κ3) is 3.25. The maximum absolute atomic E-state index is 11.4. The van der Waals surface area contributed by atoms with Crippen molar-refractivity contribution in [1.82, 2.24) is 0 Å². The van der Waals surface area contributed by atoms with Gasteiger partial charge < -0.3 is 0 Å². The number of rotatable bonds is 4. The van der Waals surface area contributed by atoms with Crippen molar-refractivity contribution in [3.63, 3.8) is 0 Å². The van der Waals surface area contributed by atoms with Gasteiger partial charge >= 0.3 is 10.1 Å². The quantitative estimate of drug-likeness (QED) is 0.645. The first-order chi connectivity index (χ1) is 5.97. The number of quaternary nitrogens is 1. The fourth-order valence-electron chi connectivity index (χ4n) is 1.64. The zero-order valence-electron chi connectivity index (χ0n) is 8.32. The van der Waals surface area contributed by atoms with Gasteiger partial charge in [-0.05, 0) is 6.42 Å². The van der Waals surface area contributed by atoms with Crippen LogP contribution in [0.4, 0.5) is 0 Å². The lowest BCUT2D eigenvalue weighted by Gasteiger charge is -2.24. The topological polar surface area (TPSA) is 43.4 Å². The highest BCUT2D eigenvalue weighted by atomic mass is 32.2. The first-order valence-electron chi connectivity index (χ1n) is 4.76. The number of hydrogen-bond acceptors (Lipinski definition) is 3. The predicted octanol–water partition coefficient (Wildman–Crippen LogP) is 0.898. The van der Waals surface area contributed by atoms with Crippen LogP contribution in [-0.4, -0.2) is 39.0 Å². The van der Waals surface area contributed by atoms with Crippen LogP contribution in [0.1, 0.15) is 26.2 Å². The van der Waals surface area contributed by atoms with Gasteiger partial charge in [0.1, 0.15) is 20.1 Å². The van der Waals surface area contributed by atoms with Crippen molar-refractivity contribution in [2.45, 2.75) is 26.2 Å². The molecule has 1 fully saturated rings. The van der Waals surface area contributed by atoms with Crippen LogP contribution in [0, 0.1) is 0 Å². The van der Waals surface area contributed by atoms with Gasteiger partial charge in [-0.2, -0.15) is 13.1 Å². The molecule has 13 heavy (non-hydrogen) atoms. The summed E-state index contributed by atoms with van der Waals surface area (Å²) in [5.41, 5.74) is 0. The largest absolute Gasteiger partial charge is 0.314 e. The smallest absolute Gasteiger partial charge is 0.194 e. The van der Waals surface area contributed by atoms with E-state index < -0.39 is 10.1 Å². The Bertz CT molecular complexity index is 255. The third-order valence-corrected chi connectivity index (χ3v) is 3.76. The van der Waals surface area contributed by atoms with Crippen LogP contribution in [-0.2, 0) is 14.4 Å². The van der Waals surface area contributed by atoms with E-state index in [-0.39, 0.29) is 10.4 Å². The highest BCUT2D eigenvalue weighted by Crippen LogP contribution is 2.19. The average molecular weight is 208 g/mol. The Morgan fingerprint density at radius 3 is 2.31 bits per heavy atom. The molecule has 0 aromatic heterocycles. The van der Waals surface area contributed by atoms with Crippen molar-refractivity contribution in [2.24, 2.45) is 0 Å². The first-order valence-corrected chi connectivity index (χ1v) is 6.34. The molecule has 4 nitrogen and oxygen atoms in total. The molecule has 0 amide bonds. The van der Waals surface area contributed by atoms with Crippen molar-refractivity contribution in [1.29, 1.82) is 0 Å². The van der Waals surface area contributed by atoms with Crippen molar-refractivity contribution < 1.29 is 17.3 Å². The van der Waals surface area contributed by atoms with Gasteiger partial charge in [-0.1, -0.05) is 11.2 Å². The zero-order valence-corrected chi connectivity index (χ0v) is 9.14. The van der Waals surface area contributed by atoms with Crippen molar-refractivity contribution in [3.8, 4) is 0 Å². The van der Waals surface area contributed by atoms with Crippen molar-refractivity contribution >= 4 is 10.1 Å². The van der Waals surface area contributed by atoms with E-state index in [1.807, 2.05) is 14.0 Å². The monoisotopic (exact) mass is 208 g/mol. The lowest BCUT2D eigenvalue weighted by Crippen LogP contribution is -2.43. The fourth-order valence-corrected chi connectivity index (χ4v) is 2.91. The maximum Gasteiger partial charge on any atom is 0.314 e. The fraction of sp³-hybridized carbons (Fsp3) is 1.00. The molecular formula is C8H18NO3S+. The highest BCUT2D eigenvalue weighted by Gasteiger charge is 2.34. The molecule has 1 heterocycles. The Hall–Kier alpha value is -0.130. The van der Waals surface area contributed by atoms with E-state index in [0.717, 1.165) is 25.9 Å². The Labute approximate surface area is 80.2 Å². The highest BCUT2D eigenvalue weighted by molar-refractivity contribution is 7.86. The second-order valence-corrected chi connectivity index (χ2v) is 5.46. The number of likely N-dealkylation sites (tertiary alicyclic amines) is 1. The van der Waals surface area contributed by atoms with E-state index in [2.05, 4.69) is 0 Å². The molecule has 1 saturated heterocycles. The normalized spacial score (nSPS) is 22.0. The van der Waals surface area contributed by atoms with Crippen LogP contribution >= 0.6 is 0 Å². The van der Waals surface area contributed by atoms with E-state index in [1.165, 1.54) is 0 Å². The minimum atomic E-state index is -3.30. The number of nitrogens with zero attached hydrogens (tertiary/aromatic N) is 1.